The zero-order valence-electron chi connectivity index (χ0n) is 13.7. The van der Waals surface area contributed by atoms with Crippen LogP contribution in [0.5, 0.6) is 0 Å². The molecule has 0 spiro atoms. The Morgan fingerprint density at radius 2 is 1.56 bits per heavy atom. The first-order chi connectivity index (χ1) is 11.6. The molecule has 25 heavy (non-hydrogen) atoms. The highest BCUT2D eigenvalue weighted by atomic mass is 79.9. The molecule has 0 saturated heterocycles. The number of benzene rings is 2. The maximum atomic E-state index is 5.61. The summed E-state index contributed by atoms with van der Waals surface area (Å²) in [7, 11) is 0. The average Bonchev–Trinajstić information content (AvgIpc) is 2.98. The molecule has 1 aliphatic rings. The molecule has 0 amide bonds. The summed E-state index contributed by atoms with van der Waals surface area (Å²) >= 11 is 6.91. The second-order valence-corrected chi connectivity index (χ2v) is 7.00. The Labute approximate surface area is 171 Å². The van der Waals surface area contributed by atoms with Crippen LogP contribution in [0.25, 0.3) is 0 Å². The molecule has 0 aromatic heterocycles. The fraction of sp³-hybridized carbons (Fsp3) is 0.235. The van der Waals surface area contributed by atoms with E-state index in [9.17, 15) is 0 Å². The van der Waals surface area contributed by atoms with E-state index in [1.165, 1.54) is 11.1 Å². The van der Waals surface area contributed by atoms with Crippen LogP contribution in [-0.2, 0) is 13.1 Å². The lowest BCUT2D eigenvalue weighted by Gasteiger charge is -2.13. The van der Waals surface area contributed by atoms with Gasteiger partial charge in [0.2, 0.25) is 0 Å². The summed E-state index contributed by atoms with van der Waals surface area (Å²) in [5.41, 5.74) is 10.6. The van der Waals surface area contributed by atoms with Crippen LogP contribution < -0.4 is 17.0 Å². The number of hydrazine groups is 1. The van der Waals surface area contributed by atoms with Crippen LogP contribution in [0.3, 0.4) is 0 Å². The third kappa shape index (κ3) is 7.33. The zero-order chi connectivity index (χ0) is 17.4. The predicted octanol–water partition coefficient (Wildman–Crippen LogP) is 3.76. The smallest absolute Gasteiger partial charge is 0.121 e. The number of halogens is 3. The molecular weight excluding hydrogens is 469 g/mol. The number of amidine groups is 1. The Hall–Kier alpha value is -1.12. The van der Waals surface area contributed by atoms with Crippen LogP contribution in [0.4, 0.5) is 0 Å². The monoisotopic (exact) mass is 489 g/mol. The van der Waals surface area contributed by atoms with Gasteiger partial charge in [0.1, 0.15) is 5.84 Å². The van der Waals surface area contributed by atoms with Gasteiger partial charge < -0.3 is 5.73 Å². The SMILES string of the molecule is Cl.NC1=NN(Cc2ccccc2Br)CC1.NNCc1ccccc1Br. The number of hydrogen-bond donors (Lipinski definition) is 3. The van der Waals surface area contributed by atoms with Gasteiger partial charge in [-0.1, -0.05) is 68.3 Å². The lowest BCUT2D eigenvalue weighted by Crippen LogP contribution is -2.20. The normalized spacial score (nSPS) is 12.8. The number of hydrazone groups is 1. The van der Waals surface area contributed by atoms with Crippen molar-refractivity contribution in [3.8, 4) is 0 Å². The van der Waals surface area contributed by atoms with Gasteiger partial charge in [0, 0.05) is 28.5 Å². The highest BCUT2D eigenvalue weighted by molar-refractivity contribution is 9.10. The van der Waals surface area contributed by atoms with Crippen molar-refractivity contribution in [1.29, 1.82) is 0 Å². The van der Waals surface area contributed by atoms with Crippen LogP contribution >= 0.6 is 44.3 Å². The Kier molecular flexibility index (Phi) is 10.1. The standard InChI is InChI=1S/C10H12BrN3.C7H9BrN2.ClH/c11-9-4-2-1-3-8(9)7-14-6-5-10(12)13-14;8-7-4-2-1-3-6(7)5-10-9;/h1-4H,5-7H2,(H2,12,13);1-4,10H,5,9H2;1H. The summed E-state index contributed by atoms with van der Waals surface area (Å²) in [5.74, 6) is 5.89. The lowest BCUT2D eigenvalue weighted by atomic mass is 10.2. The molecule has 1 heterocycles. The van der Waals surface area contributed by atoms with Crippen molar-refractivity contribution in [2.45, 2.75) is 19.5 Å². The highest BCUT2D eigenvalue weighted by Crippen LogP contribution is 2.19. The first-order valence-corrected chi connectivity index (χ1v) is 9.17. The van der Waals surface area contributed by atoms with Crippen molar-refractivity contribution in [1.82, 2.24) is 10.4 Å². The average molecular weight is 492 g/mol. The van der Waals surface area contributed by atoms with E-state index in [2.05, 4.69) is 48.5 Å². The van der Waals surface area contributed by atoms with E-state index in [0.717, 1.165) is 34.3 Å². The minimum absolute atomic E-state index is 0. The molecule has 2 aromatic rings. The Balaban J connectivity index is 0.000000254. The quantitative estimate of drug-likeness (QED) is 0.450. The fourth-order valence-corrected chi connectivity index (χ4v) is 3.05. The maximum absolute atomic E-state index is 5.61. The molecule has 5 N–H and O–H groups in total. The minimum Gasteiger partial charge on any atom is -0.386 e. The maximum Gasteiger partial charge on any atom is 0.121 e. The van der Waals surface area contributed by atoms with Crippen LogP contribution in [0.2, 0.25) is 0 Å². The number of hydrogen-bond acceptors (Lipinski definition) is 5. The molecule has 0 unspecified atom stereocenters. The third-order valence-electron chi connectivity index (χ3n) is 3.46. The molecule has 3 rings (SSSR count). The van der Waals surface area contributed by atoms with Crippen molar-refractivity contribution in [2.75, 3.05) is 6.54 Å². The summed E-state index contributed by atoms with van der Waals surface area (Å²) in [5, 5.41) is 6.23. The molecule has 8 heteroatoms. The third-order valence-corrected chi connectivity index (χ3v) is 5.00. The minimum atomic E-state index is 0. The molecular formula is C17H22Br2ClN5. The molecule has 0 radical (unpaired) electrons. The number of rotatable bonds is 4. The van der Waals surface area contributed by atoms with Crippen LogP contribution in [0.1, 0.15) is 17.5 Å². The van der Waals surface area contributed by atoms with Gasteiger partial charge in [0.15, 0.2) is 0 Å². The Morgan fingerprint density at radius 3 is 2.04 bits per heavy atom. The van der Waals surface area contributed by atoms with Crippen molar-refractivity contribution in [3.63, 3.8) is 0 Å². The van der Waals surface area contributed by atoms with E-state index in [4.69, 9.17) is 11.6 Å². The molecule has 0 bridgehead atoms. The van der Waals surface area contributed by atoms with E-state index < -0.39 is 0 Å². The summed E-state index contributed by atoms with van der Waals surface area (Å²) in [6.07, 6.45) is 0.879. The van der Waals surface area contributed by atoms with Crippen molar-refractivity contribution >= 4 is 50.1 Å². The fourth-order valence-electron chi connectivity index (χ4n) is 2.21. The van der Waals surface area contributed by atoms with Crippen LogP contribution in [-0.4, -0.2) is 17.4 Å². The molecule has 5 nitrogen and oxygen atoms in total. The molecule has 0 fully saturated rings. The number of nitrogens with one attached hydrogen (secondary N) is 1. The molecule has 136 valence electrons. The van der Waals surface area contributed by atoms with Crippen molar-refractivity contribution in [3.05, 3.63) is 68.6 Å². The van der Waals surface area contributed by atoms with E-state index >= 15 is 0 Å². The van der Waals surface area contributed by atoms with Gasteiger partial charge in [-0.25, -0.2) is 0 Å². The summed E-state index contributed by atoms with van der Waals surface area (Å²) < 4.78 is 2.22. The highest BCUT2D eigenvalue weighted by Gasteiger charge is 2.12. The summed E-state index contributed by atoms with van der Waals surface area (Å²) in [6.45, 7) is 2.44. The molecule has 2 aromatic carbocycles. The van der Waals surface area contributed by atoms with Gasteiger partial charge >= 0.3 is 0 Å². The van der Waals surface area contributed by atoms with Gasteiger partial charge in [-0.05, 0) is 23.3 Å². The van der Waals surface area contributed by atoms with Gasteiger partial charge in [-0.15, -0.1) is 12.4 Å². The van der Waals surface area contributed by atoms with E-state index in [1.54, 1.807) is 0 Å². The first kappa shape index (κ1) is 21.9. The zero-order valence-corrected chi connectivity index (χ0v) is 17.6. The predicted molar refractivity (Wildman–Crippen MR) is 113 cm³/mol. The molecule has 1 aliphatic heterocycles. The van der Waals surface area contributed by atoms with E-state index in [1.807, 2.05) is 47.5 Å². The van der Waals surface area contributed by atoms with Gasteiger partial charge in [-0.2, -0.15) is 5.10 Å². The Morgan fingerprint density at radius 1 is 1.00 bits per heavy atom. The first-order valence-electron chi connectivity index (χ1n) is 7.58. The number of nitrogens with zero attached hydrogens (tertiary/aromatic N) is 2. The molecule has 0 aliphatic carbocycles. The largest absolute Gasteiger partial charge is 0.386 e. The van der Waals surface area contributed by atoms with Crippen molar-refractivity contribution < 1.29 is 0 Å². The van der Waals surface area contributed by atoms with Crippen LogP contribution in [0.15, 0.2) is 62.6 Å². The topological polar surface area (TPSA) is 79.7 Å². The molecule has 0 atom stereocenters. The van der Waals surface area contributed by atoms with Gasteiger partial charge in [0.05, 0.1) is 6.54 Å². The Bertz CT molecular complexity index is 696. The van der Waals surface area contributed by atoms with E-state index in [0.29, 0.717) is 6.54 Å². The van der Waals surface area contributed by atoms with Gasteiger partial charge in [0.25, 0.3) is 0 Å². The molecule has 0 saturated carbocycles. The summed E-state index contributed by atoms with van der Waals surface area (Å²) in [4.78, 5) is 0. The van der Waals surface area contributed by atoms with Gasteiger partial charge in [-0.3, -0.25) is 16.3 Å². The second-order valence-electron chi connectivity index (χ2n) is 5.29. The summed E-state index contributed by atoms with van der Waals surface area (Å²) in [6, 6.07) is 16.1. The van der Waals surface area contributed by atoms with Crippen molar-refractivity contribution in [2.24, 2.45) is 16.7 Å². The number of nitrogens with two attached hydrogens (primary N) is 2. The van der Waals surface area contributed by atoms with Crippen LogP contribution in [0, 0.1) is 0 Å². The lowest BCUT2D eigenvalue weighted by molar-refractivity contribution is 0.309. The van der Waals surface area contributed by atoms with E-state index in [-0.39, 0.29) is 12.4 Å². The second kappa shape index (κ2) is 11.5.